The molecule has 11 heteroatoms. The summed E-state index contributed by atoms with van der Waals surface area (Å²) in [6.45, 7) is 3.16. The molecule has 1 fully saturated rings. The van der Waals surface area contributed by atoms with Gasteiger partial charge < -0.3 is 15.4 Å². The van der Waals surface area contributed by atoms with Crippen LogP contribution in [0.5, 0.6) is 11.5 Å². The summed E-state index contributed by atoms with van der Waals surface area (Å²) in [6.07, 6.45) is -0.0582. The molecule has 0 atom stereocenters. The zero-order chi connectivity index (χ0) is 29.4. The molecule has 5 rings (SSSR count). The van der Waals surface area contributed by atoms with Gasteiger partial charge in [0.2, 0.25) is 0 Å². The zero-order valence-corrected chi connectivity index (χ0v) is 22.4. The standard InChI is InChI=1S/C30H27F4N5O2/c1-18-4-6-21(31)13-26(18)41-22-14-24(36-11-10-30(32,33)34)27-37-15-25(39(27)16-22)20-5-7-23(19(2)12-20)28(40)38-29(17-35)8-3-9-29/h4-7,12-16,36H,3,8-11H2,1-2H3,(H,38,40). The number of rotatable bonds is 8. The number of aryl methyl sites for hydroxylation is 2. The molecule has 0 radical (unpaired) electrons. The number of benzene rings is 2. The van der Waals surface area contributed by atoms with Crippen molar-refractivity contribution in [3.63, 3.8) is 0 Å². The first-order chi connectivity index (χ1) is 19.5. The quantitative estimate of drug-likeness (QED) is 0.223. The summed E-state index contributed by atoms with van der Waals surface area (Å²) in [7, 11) is 0. The van der Waals surface area contributed by atoms with E-state index < -0.39 is 24.0 Å². The highest BCUT2D eigenvalue weighted by Crippen LogP contribution is 2.34. The molecule has 0 spiro atoms. The Balaban J connectivity index is 1.51. The number of nitrogens with zero attached hydrogens (tertiary/aromatic N) is 3. The van der Waals surface area contributed by atoms with Gasteiger partial charge in [0, 0.05) is 29.8 Å². The van der Waals surface area contributed by atoms with Crippen LogP contribution in [0.4, 0.5) is 23.2 Å². The number of carbonyl (C=O) groups is 1. The third-order valence-electron chi connectivity index (χ3n) is 7.22. The molecule has 0 bridgehead atoms. The first-order valence-corrected chi connectivity index (χ1v) is 13.1. The van der Waals surface area contributed by atoms with Crippen molar-refractivity contribution in [3.8, 4) is 28.8 Å². The molecule has 41 heavy (non-hydrogen) atoms. The third-order valence-corrected chi connectivity index (χ3v) is 7.22. The van der Waals surface area contributed by atoms with E-state index in [9.17, 15) is 27.6 Å². The first-order valence-electron chi connectivity index (χ1n) is 13.1. The number of imidazole rings is 1. The second-order valence-corrected chi connectivity index (χ2v) is 10.3. The topological polar surface area (TPSA) is 91.4 Å². The Labute approximate surface area is 233 Å². The molecule has 0 unspecified atom stereocenters. The Morgan fingerprint density at radius 1 is 1.15 bits per heavy atom. The molecule has 2 aromatic carbocycles. The maximum atomic E-state index is 13.9. The average molecular weight is 566 g/mol. The lowest BCUT2D eigenvalue weighted by atomic mass is 9.78. The van der Waals surface area contributed by atoms with Crippen LogP contribution in [0, 0.1) is 31.0 Å². The van der Waals surface area contributed by atoms with Crippen LogP contribution in [0.15, 0.2) is 54.9 Å². The maximum Gasteiger partial charge on any atom is 0.390 e. The Hall–Kier alpha value is -4.59. The lowest BCUT2D eigenvalue weighted by molar-refractivity contribution is -0.131. The van der Waals surface area contributed by atoms with Gasteiger partial charge in [0.25, 0.3) is 5.91 Å². The third kappa shape index (κ3) is 5.96. The van der Waals surface area contributed by atoms with Gasteiger partial charge in [-0.2, -0.15) is 18.4 Å². The van der Waals surface area contributed by atoms with E-state index in [0.29, 0.717) is 52.1 Å². The lowest BCUT2D eigenvalue weighted by Gasteiger charge is -2.35. The van der Waals surface area contributed by atoms with E-state index >= 15 is 0 Å². The van der Waals surface area contributed by atoms with Crippen molar-refractivity contribution < 1.29 is 27.1 Å². The molecular weight excluding hydrogens is 538 g/mol. The molecule has 0 saturated heterocycles. The van der Waals surface area contributed by atoms with E-state index in [-0.39, 0.29) is 24.0 Å². The van der Waals surface area contributed by atoms with Crippen LogP contribution in [0.1, 0.15) is 47.2 Å². The molecular formula is C30H27F4N5O2. The SMILES string of the molecule is Cc1ccc(F)cc1Oc1cc(NCCC(F)(F)F)c2ncc(-c3ccc(C(=O)NC4(C#N)CCC4)c(C)c3)n2c1. The molecule has 1 amide bonds. The van der Waals surface area contributed by atoms with E-state index in [2.05, 4.69) is 21.7 Å². The van der Waals surface area contributed by atoms with Crippen molar-refractivity contribution in [1.82, 2.24) is 14.7 Å². The summed E-state index contributed by atoms with van der Waals surface area (Å²) in [4.78, 5) is 17.4. The van der Waals surface area contributed by atoms with Crippen LogP contribution in [-0.4, -0.2) is 33.6 Å². The predicted octanol–water partition coefficient (Wildman–Crippen LogP) is 7.09. The number of pyridine rings is 1. The summed E-state index contributed by atoms with van der Waals surface area (Å²) in [5.41, 5.74) is 2.93. The number of fused-ring (bicyclic) bond motifs is 1. The summed E-state index contributed by atoms with van der Waals surface area (Å²) >= 11 is 0. The Kier molecular flexibility index (Phi) is 7.34. The molecule has 1 aliphatic rings. The van der Waals surface area contributed by atoms with E-state index in [4.69, 9.17) is 4.74 Å². The number of nitrogens with one attached hydrogen (secondary N) is 2. The summed E-state index contributed by atoms with van der Waals surface area (Å²) in [6, 6.07) is 13.1. The highest BCUT2D eigenvalue weighted by Gasteiger charge is 2.39. The van der Waals surface area contributed by atoms with Gasteiger partial charge in [-0.1, -0.05) is 12.1 Å². The van der Waals surface area contributed by atoms with Crippen LogP contribution in [-0.2, 0) is 0 Å². The molecule has 2 N–H and O–H groups in total. The first kappa shape index (κ1) is 28.0. The fraction of sp³-hybridized carbons (Fsp3) is 0.300. The fourth-order valence-corrected chi connectivity index (χ4v) is 4.77. The van der Waals surface area contributed by atoms with Crippen molar-refractivity contribution in [2.45, 2.75) is 51.2 Å². The normalized spacial score (nSPS) is 14.3. The Morgan fingerprint density at radius 3 is 2.59 bits per heavy atom. The molecule has 2 aromatic heterocycles. The molecule has 1 aliphatic carbocycles. The number of alkyl halides is 3. The number of nitriles is 1. The summed E-state index contributed by atoms with van der Waals surface area (Å²) in [5, 5.41) is 15.1. The number of hydrogen-bond acceptors (Lipinski definition) is 5. The molecule has 7 nitrogen and oxygen atoms in total. The van der Waals surface area contributed by atoms with Crippen molar-refractivity contribution in [2.75, 3.05) is 11.9 Å². The van der Waals surface area contributed by atoms with E-state index in [1.165, 1.54) is 18.2 Å². The minimum Gasteiger partial charge on any atom is -0.455 e. The molecule has 212 valence electrons. The van der Waals surface area contributed by atoms with Crippen molar-refractivity contribution >= 4 is 17.2 Å². The molecule has 2 heterocycles. The molecule has 1 saturated carbocycles. The number of aromatic nitrogens is 2. The predicted molar refractivity (Wildman–Crippen MR) is 145 cm³/mol. The van der Waals surface area contributed by atoms with Gasteiger partial charge >= 0.3 is 6.18 Å². The van der Waals surface area contributed by atoms with Crippen LogP contribution in [0.3, 0.4) is 0 Å². The van der Waals surface area contributed by atoms with Crippen molar-refractivity contribution in [3.05, 3.63) is 77.4 Å². The summed E-state index contributed by atoms with van der Waals surface area (Å²) < 4.78 is 60.1. The minimum atomic E-state index is -4.34. The highest BCUT2D eigenvalue weighted by molar-refractivity contribution is 5.97. The number of ether oxygens (including phenoxy) is 1. The van der Waals surface area contributed by atoms with Gasteiger partial charge in [0.05, 0.1) is 36.3 Å². The highest BCUT2D eigenvalue weighted by atomic mass is 19.4. The maximum absolute atomic E-state index is 13.9. The van der Waals surface area contributed by atoms with Gasteiger partial charge in [0.1, 0.15) is 22.9 Å². The zero-order valence-electron chi connectivity index (χ0n) is 22.4. The smallest absolute Gasteiger partial charge is 0.390 e. The second-order valence-electron chi connectivity index (χ2n) is 10.3. The molecule has 4 aromatic rings. The van der Waals surface area contributed by atoms with E-state index in [0.717, 1.165) is 6.42 Å². The van der Waals surface area contributed by atoms with Crippen molar-refractivity contribution in [1.29, 1.82) is 5.26 Å². The monoisotopic (exact) mass is 565 g/mol. The average Bonchev–Trinajstić information content (AvgIpc) is 3.31. The van der Waals surface area contributed by atoms with Gasteiger partial charge in [-0.3, -0.25) is 9.20 Å². The second kappa shape index (κ2) is 10.8. The van der Waals surface area contributed by atoms with Gasteiger partial charge in [-0.25, -0.2) is 9.37 Å². The number of halogens is 4. The number of carbonyl (C=O) groups excluding carboxylic acids is 1. The van der Waals surface area contributed by atoms with Crippen LogP contribution in [0.25, 0.3) is 16.9 Å². The Morgan fingerprint density at radius 2 is 1.93 bits per heavy atom. The van der Waals surface area contributed by atoms with Gasteiger partial charge in [-0.15, -0.1) is 0 Å². The number of amides is 1. The Bertz CT molecular complexity index is 1670. The lowest BCUT2D eigenvalue weighted by Crippen LogP contribution is -2.52. The van der Waals surface area contributed by atoms with Crippen LogP contribution in [0.2, 0.25) is 0 Å². The van der Waals surface area contributed by atoms with E-state index in [1.807, 2.05) is 0 Å². The van der Waals surface area contributed by atoms with Crippen LogP contribution >= 0.6 is 0 Å². The van der Waals surface area contributed by atoms with Gasteiger partial charge in [-0.05, 0) is 62.4 Å². The number of anilines is 1. The fourth-order valence-electron chi connectivity index (χ4n) is 4.77. The van der Waals surface area contributed by atoms with Crippen LogP contribution < -0.4 is 15.4 Å². The van der Waals surface area contributed by atoms with Gasteiger partial charge in [0.15, 0.2) is 5.65 Å². The molecule has 0 aliphatic heterocycles. The minimum absolute atomic E-state index is 0.259. The van der Waals surface area contributed by atoms with Crippen molar-refractivity contribution in [2.24, 2.45) is 0 Å². The number of hydrogen-bond donors (Lipinski definition) is 2. The van der Waals surface area contributed by atoms with E-state index in [1.54, 1.807) is 54.9 Å². The largest absolute Gasteiger partial charge is 0.455 e. The summed E-state index contributed by atoms with van der Waals surface area (Å²) in [5.74, 6) is -0.295.